The van der Waals surface area contributed by atoms with Gasteiger partial charge < -0.3 is 15.8 Å². The van der Waals surface area contributed by atoms with E-state index in [1.807, 2.05) is 38.1 Å². The fourth-order valence-corrected chi connectivity index (χ4v) is 1.95. The van der Waals surface area contributed by atoms with E-state index in [1.54, 1.807) is 12.1 Å². The van der Waals surface area contributed by atoms with Crippen molar-refractivity contribution in [3.63, 3.8) is 0 Å². The minimum Gasteiger partial charge on any atom is -0.484 e. The molecule has 0 aliphatic heterocycles. The maximum atomic E-state index is 11.9. The molecule has 2 rings (SSSR count). The monoisotopic (exact) mass is 304 g/mol. The van der Waals surface area contributed by atoms with Crippen molar-refractivity contribution in [3.05, 3.63) is 52.5 Å². The summed E-state index contributed by atoms with van der Waals surface area (Å²) in [5, 5.41) is 3.24. The molecule has 4 nitrogen and oxygen atoms in total. The van der Waals surface area contributed by atoms with Crippen LogP contribution >= 0.6 is 11.6 Å². The Morgan fingerprint density at radius 2 is 1.90 bits per heavy atom. The zero-order valence-electron chi connectivity index (χ0n) is 11.9. The number of hydrogen-bond donors (Lipinski definition) is 2. The molecule has 2 aromatic rings. The van der Waals surface area contributed by atoms with E-state index in [1.165, 1.54) is 0 Å². The number of carbonyl (C=O) groups excluding carboxylic acids is 1. The lowest BCUT2D eigenvalue weighted by molar-refractivity contribution is -0.118. The molecule has 0 unspecified atom stereocenters. The molecule has 110 valence electrons. The van der Waals surface area contributed by atoms with E-state index in [9.17, 15) is 4.79 Å². The summed E-state index contributed by atoms with van der Waals surface area (Å²) in [6.45, 7) is 3.75. The normalized spacial score (nSPS) is 10.2. The number of hydrogen-bond acceptors (Lipinski definition) is 3. The Bertz CT molecular complexity index is 654. The van der Waals surface area contributed by atoms with Crippen molar-refractivity contribution in [2.24, 2.45) is 0 Å². The first kappa shape index (κ1) is 15.2. The predicted octanol–water partition coefficient (Wildman–Crippen LogP) is 3.56. The number of ether oxygens (including phenoxy) is 1. The molecule has 0 saturated carbocycles. The average Bonchev–Trinajstić information content (AvgIpc) is 2.44. The topological polar surface area (TPSA) is 64.3 Å². The van der Waals surface area contributed by atoms with Crippen molar-refractivity contribution in [2.45, 2.75) is 13.8 Å². The van der Waals surface area contributed by atoms with Crippen LogP contribution in [0.4, 0.5) is 11.4 Å². The van der Waals surface area contributed by atoms with Crippen LogP contribution < -0.4 is 15.8 Å². The zero-order chi connectivity index (χ0) is 15.4. The maximum Gasteiger partial charge on any atom is 0.262 e. The number of benzene rings is 2. The maximum absolute atomic E-state index is 11.9. The van der Waals surface area contributed by atoms with Crippen molar-refractivity contribution in [1.82, 2.24) is 0 Å². The molecule has 3 N–H and O–H groups in total. The van der Waals surface area contributed by atoms with Crippen LogP contribution in [0.25, 0.3) is 0 Å². The highest BCUT2D eigenvalue weighted by Crippen LogP contribution is 2.26. The number of nitrogen functional groups attached to an aromatic ring is 1. The van der Waals surface area contributed by atoms with Crippen LogP contribution in [0.15, 0.2) is 36.4 Å². The molecule has 0 bridgehead atoms. The van der Waals surface area contributed by atoms with E-state index in [-0.39, 0.29) is 12.5 Å². The second-order valence-corrected chi connectivity index (χ2v) is 5.25. The fourth-order valence-electron chi connectivity index (χ4n) is 1.78. The van der Waals surface area contributed by atoms with E-state index < -0.39 is 0 Å². The van der Waals surface area contributed by atoms with Crippen LogP contribution in [0.3, 0.4) is 0 Å². The van der Waals surface area contributed by atoms with Crippen molar-refractivity contribution in [2.75, 3.05) is 17.7 Å². The molecule has 1 amide bonds. The zero-order valence-corrected chi connectivity index (χ0v) is 12.7. The Balaban J connectivity index is 1.96. The largest absolute Gasteiger partial charge is 0.484 e. The average molecular weight is 305 g/mol. The predicted molar refractivity (Wildman–Crippen MR) is 85.9 cm³/mol. The Labute approximate surface area is 128 Å². The van der Waals surface area contributed by atoms with Gasteiger partial charge in [-0.2, -0.15) is 0 Å². The second-order valence-electron chi connectivity index (χ2n) is 4.84. The SMILES string of the molecule is Cc1ccc(OCC(=O)Nc2cc(Cl)c(C)cc2N)cc1. The Hall–Kier alpha value is -2.20. The lowest BCUT2D eigenvalue weighted by atomic mass is 10.2. The van der Waals surface area contributed by atoms with Gasteiger partial charge in [0.2, 0.25) is 0 Å². The summed E-state index contributed by atoms with van der Waals surface area (Å²) >= 11 is 6.02. The first-order valence-electron chi connectivity index (χ1n) is 6.50. The molecular formula is C16H17ClN2O2. The number of halogens is 1. The van der Waals surface area contributed by atoms with E-state index >= 15 is 0 Å². The number of carbonyl (C=O) groups is 1. The van der Waals surface area contributed by atoms with Gasteiger partial charge in [-0.1, -0.05) is 29.3 Å². The lowest BCUT2D eigenvalue weighted by Gasteiger charge is -2.11. The first-order valence-corrected chi connectivity index (χ1v) is 6.88. The molecular weight excluding hydrogens is 288 g/mol. The Morgan fingerprint density at radius 3 is 2.57 bits per heavy atom. The van der Waals surface area contributed by atoms with Gasteiger partial charge >= 0.3 is 0 Å². The molecule has 0 saturated heterocycles. The third-order valence-corrected chi connectivity index (χ3v) is 3.40. The van der Waals surface area contributed by atoms with Crippen molar-refractivity contribution >= 4 is 28.9 Å². The summed E-state index contributed by atoms with van der Waals surface area (Å²) in [6, 6.07) is 10.8. The number of amides is 1. The highest BCUT2D eigenvalue weighted by molar-refractivity contribution is 6.31. The van der Waals surface area contributed by atoms with Gasteiger partial charge in [-0.25, -0.2) is 0 Å². The summed E-state index contributed by atoms with van der Waals surface area (Å²) in [5.41, 5.74) is 8.81. The molecule has 0 aliphatic carbocycles. The summed E-state index contributed by atoms with van der Waals surface area (Å²) < 4.78 is 5.40. The molecule has 0 atom stereocenters. The van der Waals surface area contributed by atoms with Gasteiger partial charge in [0.25, 0.3) is 5.91 Å². The van der Waals surface area contributed by atoms with Gasteiger partial charge in [-0.15, -0.1) is 0 Å². The number of nitrogens with two attached hydrogens (primary N) is 1. The van der Waals surface area contributed by atoms with E-state index in [0.29, 0.717) is 22.1 Å². The minimum atomic E-state index is -0.290. The Kier molecular flexibility index (Phi) is 4.70. The van der Waals surface area contributed by atoms with Crippen LogP contribution in [-0.4, -0.2) is 12.5 Å². The summed E-state index contributed by atoms with van der Waals surface area (Å²) in [4.78, 5) is 11.9. The van der Waals surface area contributed by atoms with Crippen LogP contribution in [-0.2, 0) is 4.79 Å². The highest BCUT2D eigenvalue weighted by atomic mass is 35.5. The van der Waals surface area contributed by atoms with Gasteiger partial charge in [0.1, 0.15) is 5.75 Å². The van der Waals surface area contributed by atoms with Gasteiger partial charge in [-0.3, -0.25) is 4.79 Å². The number of nitrogens with one attached hydrogen (secondary N) is 1. The van der Waals surface area contributed by atoms with E-state index in [4.69, 9.17) is 22.1 Å². The van der Waals surface area contributed by atoms with Crippen molar-refractivity contribution in [3.8, 4) is 5.75 Å². The number of rotatable bonds is 4. The summed E-state index contributed by atoms with van der Waals surface area (Å²) in [5.74, 6) is 0.354. The lowest BCUT2D eigenvalue weighted by Crippen LogP contribution is -2.20. The number of anilines is 2. The Morgan fingerprint density at radius 1 is 1.24 bits per heavy atom. The van der Waals surface area contributed by atoms with Gasteiger partial charge in [0.15, 0.2) is 6.61 Å². The third-order valence-electron chi connectivity index (χ3n) is 3.00. The molecule has 0 heterocycles. The molecule has 5 heteroatoms. The van der Waals surface area contributed by atoms with Crippen LogP contribution in [0.5, 0.6) is 5.75 Å². The molecule has 0 spiro atoms. The summed E-state index contributed by atoms with van der Waals surface area (Å²) in [7, 11) is 0. The third kappa shape index (κ3) is 4.13. The summed E-state index contributed by atoms with van der Waals surface area (Å²) in [6.07, 6.45) is 0. The molecule has 21 heavy (non-hydrogen) atoms. The standard InChI is InChI=1S/C16H17ClN2O2/c1-10-3-5-12(6-4-10)21-9-16(20)19-15-8-13(17)11(2)7-14(15)18/h3-8H,9,18H2,1-2H3,(H,19,20). The number of aryl methyl sites for hydroxylation is 2. The molecule has 0 aromatic heterocycles. The van der Waals surface area contributed by atoms with Crippen LogP contribution in [0.1, 0.15) is 11.1 Å². The van der Waals surface area contributed by atoms with E-state index in [0.717, 1.165) is 11.1 Å². The fraction of sp³-hybridized carbons (Fsp3) is 0.188. The highest BCUT2D eigenvalue weighted by Gasteiger charge is 2.08. The van der Waals surface area contributed by atoms with Crippen LogP contribution in [0.2, 0.25) is 5.02 Å². The smallest absolute Gasteiger partial charge is 0.262 e. The van der Waals surface area contributed by atoms with E-state index in [2.05, 4.69) is 5.32 Å². The minimum absolute atomic E-state index is 0.0893. The molecule has 2 aromatic carbocycles. The molecule has 0 aliphatic rings. The van der Waals surface area contributed by atoms with Crippen LogP contribution in [0, 0.1) is 13.8 Å². The molecule has 0 fully saturated rings. The quantitative estimate of drug-likeness (QED) is 0.849. The second kappa shape index (κ2) is 6.50. The van der Waals surface area contributed by atoms with Gasteiger partial charge in [-0.05, 0) is 43.7 Å². The molecule has 0 radical (unpaired) electrons. The van der Waals surface area contributed by atoms with Crippen molar-refractivity contribution in [1.29, 1.82) is 0 Å². The van der Waals surface area contributed by atoms with Gasteiger partial charge in [0, 0.05) is 5.02 Å². The van der Waals surface area contributed by atoms with Gasteiger partial charge in [0.05, 0.1) is 11.4 Å². The van der Waals surface area contributed by atoms with Crippen molar-refractivity contribution < 1.29 is 9.53 Å². The first-order chi connectivity index (χ1) is 9.95.